The summed E-state index contributed by atoms with van der Waals surface area (Å²) in [5.74, 6) is 1.88. The quantitative estimate of drug-likeness (QED) is 0.151. The highest BCUT2D eigenvalue weighted by molar-refractivity contribution is 5.69. The van der Waals surface area contributed by atoms with Gasteiger partial charge in [0.05, 0.1) is 7.11 Å². The highest BCUT2D eigenvalue weighted by Gasteiger charge is 2.35. The molecule has 0 atom stereocenters. The van der Waals surface area contributed by atoms with E-state index >= 15 is 0 Å². The van der Waals surface area contributed by atoms with Crippen LogP contribution in [0.1, 0.15) is 170 Å². The maximum Gasteiger partial charge on any atom is 0.308 e. The molecule has 2 N–H and O–H groups in total. The molecule has 0 heterocycles. The first-order valence-corrected chi connectivity index (χ1v) is 21.9. The smallest absolute Gasteiger partial charge is 0.308 e. The molecule has 0 aliphatic heterocycles. The minimum atomic E-state index is -0.279. The number of carbonyl (C=O) groups is 1. The summed E-state index contributed by atoms with van der Waals surface area (Å²) in [4.78, 5) is 11.3. The number of carbonyl (C=O) groups excluding carboxylic acids is 1. The lowest BCUT2D eigenvalue weighted by Crippen LogP contribution is -2.28. The SMILES string of the molecule is COc1ccc(C2(c3ccc(OC(C)=O)cc3)CCCCCCCCCCC2)cc1.Oc1ccc(C2(c3ccc(O)cc3)CCCCCCCCCCC2)cc1. The lowest BCUT2D eigenvalue weighted by atomic mass is 9.67. The first kappa shape index (κ1) is 42.9. The molecule has 0 spiro atoms. The van der Waals surface area contributed by atoms with Crippen molar-refractivity contribution in [3.63, 3.8) is 0 Å². The second kappa shape index (κ2) is 22.5. The van der Waals surface area contributed by atoms with Crippen LogP contribution in [0.25, 0.3) is 0 Å². The predicted octanol–water partition coefficient (Wildman–Crippen LogP) is 13.9. The first-order valence-electron chi connectivity index (χ1n) is 21.9. The van der Waals surface area contributed by atoms with Crippen molar-refractivity contribution >= 4 is 5.97 Å². The van der Waals surface area contributed by atoms with Crippen molar-refractivity contribution in [2.45, 2.75) is 159 Å². The number of ether oxygens (including phenoxy) is 2. The number of hydrogen-bond acceptors (Lipinski definition) is 5. The summed E-state index contributed by atoms with van der Waals surface area (Å²) in [6, 6.07) is 32.5. The Morgan fingerprint density at radius 3 is 0.929 bits per heavy atom. The van der Waals surface area contributed by atoms with Gasteiger partial charge in [0.25, 0.3) is 0 Å². The Bertz CT molecular complexity index is 1620. The van der Waals surface area contributed by atoms with Gasteiger partial charge in [0.15, 0.2) is 0 Å². The van der Waals surface area contributed by atoms with Crippen LogP contribution in [0.3, 0.4) is 0 Å². The van der Waals surface area contributed by atoms with Gasteiger partial charge >= 0.3 is 5.97 Å². The predicted molar refractivity (Wildman–Crippen MR) is 230 cm³/mol. The van der Waals surface area contributed by atoms with E-state index in [1.54, 1.807) is 7.11 Å². The fourth-order valence-electron chi connectivity index (χ4n) is 9.40. The molecule has 2 aliphatic rings. The third-order valence-corrected chi connectivity index (χ3v) is 12.6. The minimum Gasteiger partial charge on any atom is -0.508 e. The van der Waals surface area contributed by atoms with E-state index < -0.39 is 0 Å². The van der Waals surface area contributed by atoms with Gasteiger partial charge in [0.1, 0.15) is 23.0 Å². The minimum absolute atomic E-state index is 0.0137. The summed E-state index contributed by atoms with van der Waals surface area (Å²) >= 11 is 0. The number of phenols is 2. The van der Waals surface area contributed by atoms with Crippen molar-refractivity contribution in [3.8, 4) is 23.0 Å². The van der Waals surface area contributed by atoms with Crippen LogP contribution in [-0.2, 0) is 15.6 Å². The van der Waals surface area contributed by atoms with Gasteiger partial charge in [-0.3, -0.25) is 4.79 Å². The summed E-state index contributed by atoms with van der Waals surface area (Å²) in [7, 11) is 1.72. The van der Waals surface area contributed by atoms with E-state index in [0.29, 0.717) is 17.2 Å². The second-order valence-corrected chi connectivity index (χ2v) is 16.5. The standard InChI is InChI=1S/C27H36O3.C24H32O2/c1-22(28)30-26-18-14-24(15-19-26)27(23-12-16-25(29-2)17-13-23)20-10-8-6-4-3-5-7-9-11-21-27;25-22-14-10-20(11-15-22)24(21-12-16-23(26)17-13-21)18-8-6-4-2-1-3-5-7-9-19-24/h12-19H,3-11,20-21H2,1-2H3;10-17,25-26H,1-9,18-19H2. The summed E-state index contributed by atoms with van der Waals surface area (Å²) < 4.78 is 10.7. The van der Waals surface area contributed by atoms with Crippen molar-refractivity contribution in [2.24, 2.45) is 0 Å². The molecule has 5 heteroatoms. The number of phenolic OH excluding ortho intramolecular Hbond substituents is 2. The molecule has 2 saturated carbocycles. The first-order chi connectivity index (χ1) is 27.3. The van der Waals surface area contributed by atoms with Crippen molar-refractivity contribution in [1.29, 1.82) is 0 Å². The molecule has 0 unspecified atom stereocenters. The van der Waals surface area contributed by atoms with Gasteiger partial charge < -0.3 is 19.7 Å². The van der Waals surface area contributed by atoms with Crippen LogP contribution < -0.4 is 9.47 Å². The zero-order chi connectivity index (χ0) is 39.5. The van der Waals surface area contributed by atoms with Crippen molar-refractivity contribution in [2.75, 3.05) is 7.11 Å². The van der Waals surface area contributed by atoms with Crippen LogP contribution in [0.4, 0.5) is 0 Å². The number of aromatic hydroxyl groups is 2. The molecule has 2 fully saturated rings. The number of methoxy groups -OCH3 is 1. The zero-order valence-electron chi connectivity index (χ0n) is 34.4. The van der Waals surface area contributed by atoms with E-state index in [1.165, 1.54) is 145 Å². The summed E-state index contributed by atoms with van der Waals surface area (Å²) in [6.45, 7) is 1.44. The van der Waals surface area contributed by atoms with E-state index in [-0.39, 0.29) is 16.8 Å². The summed E-state index contributed by atoms with van der Waals surface area (Å²) in [5, 5.41) is 19.5. The van der Waals surface area contributed by atoms with Gasteiger partial charge in [-0.1, -0.05) is 164 Å². The molecule has 6 rings (SSSR count). The molecular formula is C51H68O5. The topological polar surface area (TPSA) is 76.0 Å². The van der Waals surface area contributed by atoms with E-state index in [9.17, 15) is 15.0 Å². The largest absolute Gasteiger partial charge is 0.508 e. The third kappa shape index (κ3) is 12.4. The van der Waals surface area contributed by atoms with Crippen molar-refractivity contribution in [3.05, 3.63) is 119 Å². The molecule has 5 nitrogen and oxygen atoms in total. The molecule has 0 saturated heterocycles. The molecule has 56 heavy (non-hydrogen) atoms. The van der Waals surface area contributed by atoms with Gasteiger partial charge in [0.2, 0.25) is 0 Å². The Kier molecular flexibility index (Phi) is 17.2. The third-order valence-electron chi connectivity index (χ3n) is 12.6. The van der Waals surface area contributed by atoms with Gasteiger partial charge in [-0.2, -0.15) is 0 Å². The fourth-order valence-corrected chi connectivity index (χ4v) is 9.40. The Hall–Kier alpha value is -4.25. The van der Waals surface area contributed by atoms with Gasteiger partial charge in [-0.25, -0.2) is 0 Å². The van der Waals surface area contributed by atoms with Gasteiger partial charge in [-0.05, 0) is 96.5 Å². The van der Waals surface area contributed by atoms with Crippen LogP contribution in [0.5, 0.6) is 23.0 Å². The number of esters is 1. The highest BCUT2D eigenvalue weighted by atomic mass is 16.5. The molecule has 4 aromatic rings. The maximum atomic E-state index is 11.3. The van der Waals surface area contributed by atoms with Crippen LogP contribution in [0, 0.1) is 0 Å². The number of benzene rings is 4. The molecule has 2 aliphatic carbocycles. The van der Waals surface area contributed by atoms with Crippen molar-refractivity contribution < 1.29 is 24.5 Å². The lowest BCUT2D eigenvalue weighted by Gasteiger charge is -2.36. The van der Waals surface area contributed by atoms with Gasteiger partial charge in [0, 0.05) is 17.8 Å². The van der Waals surface area contributed by atoms with Crippen LogP contribution in [0.15, 0.2) is 97.1 Å². The average molecular weight is 761 g/mol. The Morgan fingerprint density at radius 1 is 0.411 bits per heavy atom. The van der Waals surface area contributed by atoms with E-state index in [0.717, 1.165) is 31.4 Å². The molecule has 0 aromatic heterocycles. The summed E-state index contributed by atoms with van der Waals surface area (Å²) in [6.07, 6.45) is 28.2. The van der Waals surface area contributed by atoms with Gasteiger partial charge in [-0.15, -0.1) is 0 Å². The molecule has 0 amide bonds. The van der Waals surface area contributed by atoms with E-state index in [4.69, 9.17) is 9.47 Å². The molecule has 4 aromatic carbocycles. The van der Waals surface area contributed by atoms with E-state index in [1.807, 2.05) is 36.4 Å². The van der Waals surface area contributed by atoms with E-state index in [2.05, 4.69) is 60.7 Å². The van der Waals surface area contributed by atoms with Crippen LogP contribution in [0.2, 0.25) is 0 Å². The van der Waals surface area contributed by atoms with Crippen LogP contribution >= 0.6 is 0 Å². The highest BCUT2D eigenvalue weighted by Crippen LogP contribution is 2.45. The molecule has 302 valence electrons. The monoisotopic (exact) mass is 761 g/mol. The lowest BCUT2D eigenvalue weighted by molar-refractivity contribution is -0.131. The molecule has 0 radical (unpaired) electrons. The van der Waals surface area contributed by atoms with Crippen molar-refractivity contribution in [1.82, 2.24) is 0 Å². The average Bonchev–Trinajstić information content (AvgIpc) is 3.20. The fraction of sp³-hybridized carbons (Fsp3) is 0.510. The maximum absolute atomic E-state index is 11.3. The zero-order valence-corrected chi connectivity index (χ0v) is 34.4. The Balaban J connectivity index is 0.000000216. The summed E-state index contributed by atoms with van der Waals surface area (Å²) in [5.41, 5.74) is 5.22. The normalized spacial score (nSPS) is 18.5. The number of rotatable bonds is 6. The van der Waals surface area contributed by atoms with Crippen LogP contribution in [-0.4, -0.2) is 23.3 Å². The second-order valence-electron chi connectivity index (χ2n) is 16.5. The number of hydrogen-bond donors (Lipinski definition) is 2. The molecule has 0 bridgehead atoms. The Morgan fingerprint density at radius 2 is 0.661 bits per heavy atom. The molecular weight excluding hydrogens is 693 g/mol. The Labute approximate surface area is 337 Å².